The highest BCUT2D eigenvalue weighted by Gasteiger charge is 2.32. The van der Waals surface area contributed by atoms with Crippen LogP contribution in [-0.4, -0.2) is 36.1 Å². The van der Waals surface area contributed by atoms with Gasteiger partial charge in [0.15, 0.2) is 6.10 Å². The third-order valence-corrected chi connectivity index (χ3v) is 6.80. The van der Waals surface area contributed by atoms with Gasteiger partial charge in [0.05, 0.1) is 13.2 Å². The second kappa shape index (κ2) is 10.1. The zero-order chi connectivity index (χ0) is 21.8. The van der Waals surface area contributed by atoms with E-state index in [1.807, 2.05) is 23.6 Å². The number of hydrogen-bond acceptors (Lipinski definition) is 6. The highest BCUT2D eigenvalue weighted by molar-refractivity contribution is 7.97. The van der Waals surface area contributed by atoms with Gasteiger partial charge in [0.25, 0.3) is 5.91 Å². The minimum absolute atomic E-state index is 0.176. The zero-order valence-electron chi connectivity index (χ0n) is 16.9. The molecule has 2 heterocycles. The fraction of sp³-hybridized carbons (Fsp3) is 0.409. The largest absolute Gasteiger partial charge is 0.376 e. The minimum Gasteiger partial charge on any atom is -0.376 e. The molecule has 0 spiro atoms. The molecular formula is C22H25F2N3O3S. The molecule has 2 atom stereocenters. The molecule has 2 aliphatic rings. The number of ether oxygens (including phenoxy) is 2. The Bertz CT molecular complexity index is 914. The molecule has 3 N–H and O–H groups in total. The van der Waals surface area contributed by atoms with E-state index < -0.39 is 23.6 Å². The number of hydrazine groups is 1. The molecule has 6 nitrogen and oxygen atoms in total. The molecule has 4 rings (SSSR count). The first-order chi connectivity index (χ1) is 15.0. The van der Waals surface area contributed by atoms with Crippen molar-refractivity contribution in [1.29, 1.82) is 0 Å². The molecule has 0 saturated carbocycles. The number of halogens is 2. The van der Waals surface area contributed by atoms with E-state index in [0.717, 1.165) is 31.5 Å². The molecule has 2 saturated heterocycles. The highest BCUT2D eigenvalue weighted by Crippen LogP contribution is 2.40. The lowest BCUT2D eigenvalue weighted by atomic mass is 10.0. The van der Waals surface area contributed by atoms with Crippen molar-refractivity contribution in [2.75, 3.05) is 19.8 Å². The first-order valence-electron chi connectivity index (χ1n) is 10.2. The van der Waals surface area contributed by atoms with Crippen LogP contribution in [0, 0.1) is 11.6 Å². The van der Waals surface area contributed by atoms with Crippen molar-refractivity contribution in [2.24, 2.45) is 5.84 Å². The lowest BCUT2D eigenvalue weighted by Crippen LogP contribution is -2.43. The van der Waals surface area contributed by atoms with E-state index in [9.17, 15) is 13.6 Å². The van der Waals surface area contributed by atoms with Crippen molar-refractivity contribution in [1.82, 2.24) is 9.73 Å². The predicted octanol–water partition coefficient (Wildman–Crippen LogP) is 3.40. The standard InChI is InChI=1S/C22H25F2N3O3S/c23-18-10-17(21(22(28)26-25)30-16-12-29-13-16)19(24)9-15(18)11-27-8-4-7-20(31-27)14-5-2-1-3-6-14/h1-3,5-6,9-10,16,20-21H,4,7-8,11-13,25H2,(H,26,28). The molecule has 31 heavy (non-hydrogen) atoms. The van der Waals surface area contributed by atoms with Crippen LogP contribution in [0.2, 0.25) is 0 Å². The van der Waals surface area contributed by atoms with Crippen LogP contribution in [0.3, 0.4) is 0 Å². The molecule has 2 aromatic carbocycles. The summed E-state index contributed by atoms with van der Waals surface area (Å²) in [5, 5.41) is 0.290. The summed E-state index contributed by atoms with van der Waals surface area (Å²) in [7, 11) is 0. The fourth-order valence-corrected chi connectivity index (χ4v) is 5.06. The van der Waals surface area contributed by atoms with Crippen LogP contribution in [0.15, 0.2) is 42.5 Å². The van der Waals surface area contributed by atoms with Gasteiger partial charge in [0, 0.05) is 29.5 Å². The molecular weight excluding hydrogens is 424 g/mol. The Morgan fingerprint density at radius 2 is 2.03 bits per heavy atom. The molecule has 166 valence electrons. The van der Waals surface area contributed by atoms with Gasteiger partial charge < -0.3 is 9.47 Å². The number of amides is 1. The number of benzene rings is 2. The predicted molar refractivity (Wildman–Crippen MR) is 114 cm³/mol. The Morgan fingerprint density at radius 3 is 2.71 bits per heavy atom. The molecule has 2 unspecified atom stereocenters. The number of nitrogens with one attached hydrogen (secondary N) is 1. The highest BCUT2D eigenvalue weighted by atomic mass is 32.2. The number of carbonyl (C=O) groups excluding carboxylic acids is 1. The van der Waals surface area contributed by atoms with Gasteiger partial charge in [-0.05, 0) is 30.5 Å². The van der Waals surface area contributed by atoms with Crippen LogP contribution in [-0.2, 0) is 20.8 Å². The van der Waals surface area contributed by atoms with Gasteiger partial charge in [-0.3, -0.25) is 10.2 Å². The minimum atomic E-state index is -1.34. The SMILES string of the molecule is NNC(=O)C(OC1COC1)c1cc(F)c(CN2CCCC(c3ccccc3)S2)cc1F. The zero-order valence-corrected chi connectivity index (χ0v) is 17.7. The van der Waals surface area contributed by atoms with Gasteiger partial charge in [-0.2, -0.15) is 0 Å². The van der Waals surface area contributed by atoms with Crippen LogP contribution in [0.1, 0.15) is 40.9 Å². The van der Waals surface area contributed by atoms with Gasteiger partial charge in [-0.1, -0.05) is 42.3 Å². The van der Waals surface area contributed by atoms with Crippen LogP contribution in [0.4, 0.5) is 8.78 Å². The Balaban J connectivity index is 1.49. The molecule has 0 bridgehead atoms. The van der Waals surface area contributed by atoms with Gasteiger partial charge in [0.1, 0.15) is 17.7 Å². The van der Waals surface area contributed by atoms with Crippen LogP contribution in [0.25, 0.3) is 0 Å². The maximum atomic E-state index is 14.9. The molecule has 2 aromatic rings. The Labute approximate surface area is 184 Å². The third-order valence-electron chi connectivity index (χ3n) is 5.43. The van der Waals surface area contributed by atoms with Crippen LogP contribution >= 0.6 is 11.9 Å². The van der Waals surface area contributed by atoms with E-state index in [1.54, 1.807) is 11.9 Å². The molecule has 0 aromatic heterocycles. The smallest absolute Gasteiger partial charge is 0.267 e. The Morgan fingerprint density at radius 1 is 1.26 bits per heavy atom. The van der Waals surface area contributed by atoms with E-state index in [-0.39, 0.29) is 29.0 Å². The maximum absolute atomic E-state index is 14.9. The molecule has 9 heteroatoms. The van der Waals surface area contributed by atoms with Crippen LogP contribution < -0.4 is 11.3 Å². The second-order valence-corrected chi connectivity index (χ2v) is 8.96. The van der Waals surface area contributed by atoms with Gasteiger partial charge in [-0.25, -0.2) is 18.9 Å². The summed E-state index contributed by atoms with van der Waals surface area (Å²) in [4.78, 5) is 12.1. The van der Waals surface area contributed by atoms with E-state index in [1.165, 1.54) is 5.56 Å². The summed E-state index contributed by atoms with van der Waals surface area (Å²) in [5.41, 5.74) is 3.25. The first kappa shape index (κ1) is 22.2. The van der Waals surface area contributed by atoms with E-state index in [2.05, 4.69) is 16.4 Å². The van der Waals surface area contributed by atoms with E-state index in [4.69, 9.17) is 15.3 Å². The summed E-state index contributed by atoms with van der Waals surface area (Å²) >= 11 is 1.66. The summed E-state index contributed by atoms with van der Waals surface area (Å²) in [6, 6.07) is 12.4. The topological polar surface area (TPSA) is 76.8 Å². The molecule has 0 aliphatic carbocycles. The van der Waals surface area contributed by atoms with Crippen LogP contribution in [0.5, 0.6) is 0 Å². The molecule has 0 radical (unpaired) electrons. The monoisotopic (exact) mass is 449 g/mol. The average Bonchev–Trinajstić information content (AvgIpc) is 2.76. The third kappa shape index (κ3) is 5.24. The maximum Gasteiger partial charge on any atom is 0.267 e. The van der Waals surface area contributed by atoms with Crippen molar-refractivity contribution in [2.45, 2.75) is 36.8 Å². The first-order valence-corrected chi connectivity index (χ1v) is 11.1. The summed E-state index contributed by atoms with van der Waals surface area (Å²) in [5.74, 6) is 3.19. The van der Waals surface area contributed by atoms with E-state index >= 15 is 0 Å². The number of carbonyl (C=O) groups is 1. The Kier molecular flexibility index (Phi) is 7.19. The fourth-order valence-electron chi connectivity index (χ4n) is 3.70. The van der Waals surface area contributed by atoms with Crippen molar-refractivity contribution >= 4 is 17.9 Å². The van der Waals surface area contributed by atoms with Crippen molar-refractivity contribution < 1.29 is 23.0 Å². The van der Waals surface area contributed by atoms with Crippen molar-refractivity contribution in [3.63, 3.8) is 0 Å². The van der Waals surface area contributed by atoms with Crippen molar-refractivity contribution in [3.8, 4) is 0 Å². The summed E-state index contributed by atoms with van der Waals surface area (Å²) in [6.45, 7) is 1.65. The average molecular weight is 450 g/mol. The lowest BCUT2D eigenvalue weighted by molar-refractivity contribution is -0.169. The van der Waals surface area contributed by atoms with Gasteiger partial charge in [-0.15, -0.1) is 0 Å². The second-order valence-electron chi connectivity index (χ2n) is 7.66. The molecule has 2 aliphatic heterocycles. The number of nitrogens with zero attached hydrogens (tertiary/aromatic N) is 1. The molecule has 2 fully saturated rings. The van der Waals surface area contributed by atoms with Crippen molar-refractivity contribution in [3.05, 3.63) is 70.8 Å². The van der Waals surface area contributed by atoms with Gasteiger partial charge >= 0.3 is 0 Å². The number of rotatable bonds is 7. The number of hydrogen-bond donors (Lipinski definition) is 2. The lowest BCUT2D eigenvalue weighted by Gasteiger charge is -2.32. The van der Waals surface area contributed by atoms with Gasteiger partial charge in [0.2, 0.25) is 0 Å². The number of nitrogens with two attached hydrogens (primary N) is 1. The summed E-state index contributed by atoms with van der Waals surface area (Å²) in [6.07, 6.45) is 0.322. The quantitative estimate of drug-likeness (QED) is 0.292. The Hall–Kier alpha value is -2.04. The van der Waals surface area contributed by atoms with E-state index in [0.29, 0.717) is 13.2 Å². The molecule has 1 amide bonds. The normalized spacial score (nSPS) is 20.8. The summed E-state index contributed by atoms with van der Waals surface area (Å²) < 4.78 is 42.5.